The number of halogens is 3. The minimum atomic E-state index is -0.281. The van der Waals surface area contributed by atoms with Crippen LogP contribution in [0.3, 0.4) is 0 Å². The smallest absolute Gasteiger partial charge is 0.134 e. The number of rotatable bonds is 3. The molecule has 1 heterocycles. The second-order valence-electron chi connectivity index (χ2n) is 3.64. The van der Waals surface area contributed by atoms with E-state index in [1.165, 1.54) is 0 Å². The van der Waals surface area contributed by atoms with E-state index in [9.17, 15) is 0 Å². The van der Waals surface area contributed by atoms with Crippen LogP contribution >= 0.6 is 39.1 Å². The molecule has 2 rings (SSSR count). The zero-order chi connectivity index (χ0) is 12.4. The SMILES string of the molecule is NC(Cc1c(Cl)cccc1Cl)c1occc1Br. The third-order valence-corrected chi connectivity index (χ3v) is 3.83. The number of hydrogen-bond acceptors (Lipinski definition) is 2. The van der Waals surface area contributed by atoms with E-state index in [4.69, 9.17) is 33.4 Å². The van der Waals surface area contributed by atoms with Gasteiger partial charge in [-0.25, -0.2) is 0 Å². The monoisotopic (exact) mass is 333 g/mol. The van der Waals surface area contributed by atoms with Crippen LogP contribution in [0.25, 0.3) is 0 Å². The molecule has 1 aromatic heterocycles. The predicted molar refractivity (Wildman–Crippen MR) is 73.5 cm³/mol. The van der Waals surface area contributed by atoms with Crippen molar-refractivity contribution in [2.45, 2.75) is 12.5 Å². The topological polar surface area (TPSA) is 39.2 Å². The van der Waals surface area contributed by atoms with Crippen LogP contribution < -0.4 is 5.73 Å². The van der Waals surface area contributed by atoms with E-state index in [1.807, 2.05) is 12.1 Å². The second-order valence-corrected chi connectivity index (χ2v) is 5.31. The summed E-state index contributed by atoms with van der Waals surface area (Å²) in [6.07, 6.45) is 2.12. The normalized spacial score (nSPS) is 12.7. The van der Waals surface area contributed by atoms with Gasteiger partial charge in [0.1, 0.15) is 5.76 Å². The number of hydrogen-bond donors (Lipinski definition) is 1. The van der Waals surface area contributed by atoms with Crippen molar-refractivity contribution in [2.24, 2.45) is 5.73 Å². The molecule has 0 fully saturated rings. The Morgan fingerprint density at radius 2 is 1.88 bits per heavy atom. The number of nitrogens with two attached hydrogens (primary N) is 1. The average molecular weight is 335 g/mol. The molecule has 1 unspecified atom stereocenters. The van der Waals surface area contributed by atoms with Crippen LogP contribution in [0.2, 0.25) is 10.0 Å². The summed E-state index contributed by atoms with van der Waals surface area (Å²) in [5.41, 5.74) is 6.91. The Balaban J connectivity index is 2.25. The van der Waals surface area contributed by atoms with E-state index in [0.717, 1.165) is 10.0 Å². The minimum absolute atomic E-state index is 0.281. The molecule has 0 aliphatic rings. The highest BCUT2D eigenvalue weighted by Gasteiger charge is 2.17. The molecule has 0 bridgehead atoms. The lowest BCUT2D eigenvalue weighted by atomic mass is 10.0. The van der Waals surface area contributed by atoms with Crippen LogP contribution in [0, 0.1) is 0 Å². The van der Waals surface area contributed by atoms with Crippen LogP contribution in [0.1, 0.15) is 17.4 Å². The Morgan fingerprint density at radius 3 is 2.41 bits per heavy atom. The van der Waals surface area contributed by atoms with Crippen LogP contribution in [-0.4, -0.2) is 0 Å². The first-order chi connectivity index (χ1) is 8.09. The van der Waals surface area contributed by atoms with Crippen LogP contribution in [0.15, 0.2) is 39.4 Å². The van der Waals surface area contributed by atoms with Crippen molar-refractivity contribution < 1.29 is 4.42 Å². The van der Waals surface area contributed by atoms with Gasteiger partial charge in [-0.15, -0.1) is 0 Å². The predicted octanol–water partition coefficient (Wildman–Crippen LogP) is 4.59. The van der Waals surface area contributed by atoms with Gasteiger partial charge < -0.3 is 10.2 Å². The van der Waals surface area contributed by atoms with Gasteiger partial charge in [-0.2, -0.15) is 0 Å². The van der Waals surface area contributed by atoms with Crippen molar-refractivity contribution in [3.63, 3.8) is 0 Å². The summed E-state index contributed by atoms with van der Waals surface area (Å²) >= 11 is 15.6. The largest absolute Gasteiger partial charge is 0.466 e. The molecule has 17 heavy (non-hydrogen) atoms. The average Bonchev–Trinajstić information content (AvgIpc) is 2.70. The Hall–Kier alpha value is -0.480. The van der Waals surface area contributed by atoms with Crippen LogP contribution in [-0.2, 0) is 6.42 Å². The molecule has 5 heteroatoms. The minimum Gasteiger partial charge on any atom is -0.466 e. The fourth-order valence-corrected chi connectivity index (χ4v) is 2.66. The van der Waals surface area contributed by atoms with Crippen molar-refractivity contribution in [3.05, 3.63) is 56.4 Å². The molecular formula is C12H10BrCl2NO. The maximum Gasteiger partial charge on any atom is 0.134 e. The highest BCUT2D eigenvalue weighted by Crippen LogP contribution is 2.31. The maximum absolute atomic E-state index is 6.09. The Labute approximate surface area is 118 Å². The molecule has 0 saturated heterocycles. The van der Waals surface area contributed by atoms with E-state index in [-0.39, 0.29) is 6.04 Å². The lowest BCUT2D eigenvalue weighted by Gasteiger charge is -2.12. The summed E-state index contributed by atoms with van der Waals surface area (Å²) < 4.78 is 6.17. The Bertz CT molecular complexity index is 507. The van der Waals surface area contributed by atoms with Crippen molar-refractivity contribution in [1.29, 1.82) is 0 Å². The van der Waals surface area contributed by atoms with Crippen molar-refractivity contribution >= 4 is 39.1 Å². The van der Waals surface area contributed by atoms with E-state index in [2.05, 4.69) is 15.9 Å². The first-order valence-corrected chi connectivity index (χ1v) is 6.56. The first kappa shape index (κ1) is 13.0. The zero-order valence-corrected chi connectivity index (χ0v) is 11.9. The van der Waals surface area contributed by atoms with Gasteiger partial charge in [0.25, 0.3) is 0 Å². The molecular weight excluding hydrogens is 325 g/mol. The third-order valence-electron chi connectivity index (χ3n) is 2.47. The Kier molecular flexibility index (Phi) is 4.15. The van der Waals surface area contributed by atoms with Gasteiger partial charge in [0.15, 0.2) is 0 Å². The fourth-order valence-electron chi connectivity index (χ4n) is 1.61. The van der Waals surface area contributed by atoms with E-state index >= 15 is 0 Å². The van der Waals surface area contributed by atoms with Crippen molar-refractivity contribution in [1.82, 2.24) is 0 Å². The van der Waals surface area contributed by atoms with Gasteiger partial charge in [-0.3, -0.25) is 0 Å². The van der Waals surface area contributed by atoms with E-state index < -0.39 is 0 Å². The molecule has 0 radical (unpaired) electrons. The number of furan rings is 1. The van der Waals surface area contributed by atoms with E-state index in [1.54, 1.807) is 18.4 Å². The van der Waals surface area contributed by atoms with Gasteiger partial charge in [-0.05, 0) is 46.1 Å². The summed E-state index contributed by atoms with van der Waals surface area (Å²) in [5, 5.41) is 1.24. The Morgan fingerprint density at radius 1 is 1.24 bits per heavy atom. The first-order valence-electron chi connectivity index (χ1n) is 5.01. The summed E-state index contributed by atoms with van der Waals surface area (Å²) in [6, 6.07) is 6.93. The third kappa shape index (κ3) is 2.86. The zero-order valence-electron chi connectivity index (χ0n) is 8.79. The highest BCUT2D eigenvalue weighted by molar-refractivity contribution is 9.10. The molecule has 0 amide bonds. The summed E-state index contributed by atoms with van der Waals surface area (Å²) in [5.74, 6) is 0.695. The molecule has 0 aliphatic carbocycles. The fraction of sp³-hybridized carbons (Fsp3) is 0.167. The van der Waals surface area contributed by atoms with Gasteiger partial charge in [0, 0.05) is 10.0 Å². The van der Waals surface area contributed by atoms with Gasteiger partial charge in [-0.1, -0.05) is 29.3 Å². The lowest BCUT2D eigenvalue weighted by Crippen LogP contribution is -2.13. The van der Waals surface area contributed by atoms with Crippen molar-refractivity contribution in [3.8, 4) is 0 Å². The molecule has 1 aromatic carbocycles. The lowest BCUT2D eigenvalue weighted by molar-refractivity contribution is 0.462. The summed E-state index contributed by atoms with van der Waals surface area (Å²) in [4.78, 5) is 0. The summed E-state index contributed by atoms with van der Waals surface area (Å²) in [7, 11) is 0. The molecule has 90 valence electrons. The van der Waals surface area contributed by atoms with Crippen molar-refractivity contribution in [2.75, 3.05) is 0 Å². The molecule has 0 aliphatic heterocycles. The highest BCUT2D eigenvalue weighted by atomic mass is 79.9. The maximum atomic E-state index is 6.09. The molecule has 1 atom stereocenters. The summed E-state index contributed by atoms with van der Waals surface area (Å²) in [6.45, 7) is 0. The standard InChI is InChI=1S/C12H10BrCl2NO/c13-8-4-5-17-12(8)11(16)6-7-9(14)2-1-3-10(7)15/h1-5,11H,6,16H2. The second kappa shape index (κ2) is 5.44. The molecule has 2 aromatic rings. The molecule has 0 spiro atoms. The van der Waals surface area contributed by atoms with Crippen LogP contribution in [0.5, 0.6) is 0 Å². The van der Waals surface area contributed by atoms with Gasteiger partial charge in [0.2, 0.25) is 0 Å². The van der Waals surface area contributed by atoms with Gasteiger partial charge >= 0.3 is 0 Å². The quantitative estimate of drug-likeness (QED) is 0.891. The molecule has 0 saturated carbocycles. The number of benzene rings is 1. The molecule has 2 N–H and O–H groups in total. The van der Waals surface area contributed by atoms with Gasteiger partial charge in [0.05, 0.1) is 16.8 Å². The molecule has 2 nitrogen and oxygen atoms in total. The van der Waals surface area contributed by atoms with E-state index in [0.29, 0.717) is 22.2 Å². The van der Waals surface area contributed by atoms with Crippen LogP contribution in [0.4, 0.5) is 0 Å².